The van der Waals surface area contributed by atoms with Gasteiger partial charge in [-0.2, -0.15) is 0 Å². The number of hydrogen-bond donors (Lipinski definition) is 1. The Hall–Kier alpha value is -0.120. The van der Waals surface area contributed by atoms with E-state index in [1.54, 1.807) is 0 Å². The van der Waals surface area contributed by atoms with Crippen molar-refractivity contribution in [1.82, 2.24) is 15.1 Å². The van der Waals surface area contributed by atoms with E-state index in [-0.39, 0.29) is 0 Å². The minimum atomic E-state index is 0.748. The van der Waals surface area contributed by atoms with Gasteiger partial charge < -0.3 is 5.32 Å². The molecule has 2 unspecified atom stereocenters. The van der Waals surface area contributed by atoms with Gasteiger partial charge in [0.2, 0.25) is 0 Å². The lowest BCUT2D eigenvalue weighted by Crippen LogP contribution is -2.55. The van der Waals surface area contributed by atoms with E-state index in [0.717, 1.165) is 18.6 Å². The maximum absolute atomic E-state index is 3.24. The normalized spacial score (nSPS) is 34.7. The molecule has 2 saturated heterocycles. The summed E-state index contributed by atoms with van der Waals surface area (Å²) < 4.78 is 0. The Morgan fingerprint density at radius 2 is 2.21 bits per heavy atom. The van der Waals surface area contributed by atoms with Crippen LogP contribution in [-0.4, -0.2) is 61.7 Å². The zero-order valence-electron chi connectivity index (χ0n) is 9.50. The Morgan fingerprint density at radius 1 is 1.36 bits per heavy atom. The number of rotatable bonds is 3. The van der Waals surface area contributed by atoms with Crippen LogP contribution in [0.1, 0.15) is 19.8 Å². The van der Waals surface area contributed by atoms with Crippen molar-refractivity contribution < 1.29 is 0 Å². The Balaban J connectivity index is 1.86. The molecule has 0 aromatic rings. The molecule has 2 rings (SSSR count). The second-order valence-electron chi connectivity index (χ2n) is 4.74. The van der Waals surface area contributed by atoms with E-state index in [1.165, 1.54) is 39.0 Å². The van der Waals surface area contributed by atoms with Gasteiger partial charge in [0, 0.05) is 38.3 Å². The highest BCUT2D eigenvalue weighted by molar-refractivity contribution is 4.90. The molecule has 0 bridgehead atoms. The van der Waals surface area contributed by atoms with Gasteiger partial charge in [-0.3, -0.25) is 9.80 Å². The van der Waals surface area contributed by atoms with E-state index in [1.807, 2.05) is 7.05 Å². The fourth-order valence-corrected chi connectivity index (χ4v) is 2.81. The van der Waals surface area contributed by atoms with Gasteiger partial charge in [0.05, 0.1) is 0 Å². The van der Waals surface area contributed by atoms with Gasteiger partial charge in [0.15, 0.2) is 0 Å². The van der Waals surface area contributed by atoms with Gasteiger partial charge in [-0.1, -0.05) is 0 Å². The summed E-state index contributed by atoms with van der Waals surface area (Å²) in [4.78, 5) is 5.32. The van der Waals surface area contributed by atoms with Crippen LogP contribution in [-0.2, 0) is 0 Å². The van der Waals surface area contributed by atoms with Crippen molar-refractivity contribution in [3.8, 4) is 0 Å². The fraction of sp³-hybridized carbons (Fsp3) is 1.00. The summed E-state index contributed by atoms with van der Waals surface area (Å²) in [6.45, 7) is 8.62. The van der Waals surface area contributed by atoms with E-state index >= 15 is 0 Å². The summed E-state index contributed by atoms with van der Waals surface area (Å²) in [7, 11) is 2.04. The number of nitrogens with one attached hydrogen (secondary N) is 1. The molecular weight excluding hydrogens is 174 g/mol. The molecule has 14 heavy (non-hydrogen) atoms. The highest BCUT2D eigenvalue weighted by atomic mass is 15.3. The van der Waals surface area contributed by atoms with Gasteiger partial charge in [0.1, 0.15) is 0 Å². The van der Waals surface area contributed by atoms with Crippen LogP contribution in [0.4, 0.5) is 0 Å². The second-order valence-corrected chi connectivity index (χ2v) is 4.74. The number of piperazine rings is 1. The molecule has 2 aliphatic rings. The molecule has 2 aliphatic heterocycles. The first-order valence-electron chi connectivity index (χ1n) is 5.94. The van der Waals surface area contributed by atoms with Crippen LogP contribution in [0.25, 0.3) is 0 Å². The number of likely N-dealkylation sites (N-methyl/N-ethyl adjacent to an activating group) is 1. The zero-order valence-corrected chi connectivity index (χ0v) is 9.50. The minimum Gasteiger partial charge on any atom is -0.318 e. The van der Waals surface area contributed by atoms with Crippen LogP contribution in [0, 0.1) is 0 Å². The third-order valence-electron chi connectivity index (χ3n) is 3.72. The van der Waals surface area contributed by atoms with Crippen LogP contribution >= 0.6 is 0 Å². The monoisotopic (exact) mass is 197 g/mol. The summed E-state index contributed by atoms with van der Waals surface area (Å²) >= 11 is 0. The van der Waals surface area contributed by atoms with Crippen molar-refractivity contribution in [2.45, 2.75) is 31.8 Å². The lowest BCUT2D eigenvalue weighted by molar-refractivity contribution is 0.0607. The summed E-state index contributed by atoms with van der Waals surface area (Å²) in [6.07, 6.45) is 2.83. The molecule has 0 saturated carbocycles. The Bertz CT molecular complexity index is 183. The van der Waals surface area contributed by atoms with Crippen molar-refractivity contribution >= 4 is 0 Å². The van der Waals surface area contributed by atoms with Crippen LogP contribution < -0.4 is 5.32 Å². The predicted molar refractivity (Wildman–Crippen MR) is 59.6 cm³/mol. The predicted octanol–water partition coefficient (Wildman–Crippen LogP) is 0.374. The molecule has 0 aliphatic carbocycles. The highest BCUT2D eigenvalue weighted by Gasteiger charge is 2.33. The van der Waals surface area contributed by atoms with Gasteiger partial charge in [-0.15, -0.1) is 0 Å². The van der Waals surface area contributed by atoms with E-state index < -0.39 is 0 Å². The van der Waals surface area contributed by atoms with Crippen molar-refractivity contribution in [1.29, 1.82) is 0 Å². The van der Waals surface area contributed by atoms with Gasteiger partial charge in [-0.05, 0) is 33.4 Å². The molecule has 2 fully saturated rings. The number of nitrogens with zero attached hydrogens (tertiary/aromatic N) is 2. The Labute approximate surface area is 87.4 Å². The average Bonchev–Trinajstić information content (AvgIpc) is 2.61. The molecule has 3 heteroatoms. The third kappa shape index (κ3) is 2.10. The Morgan fingerprint density at radius 3 is 3.00 bits per heavy atom. The second kappa shape index (κ2) is 4.60. The zero-order chi connectivity index (χ0) is 9.97. The van der Waals surface area contributed by atoms with Gasteiger partial charge in [-0.25, -0.2) is 0 Å². The SMILES string of the molecule is CNCCN1CC2CCCN2CC1C. The molecule has 0 radical (unpaired) electrons. The van der Waals surface area contributed by atoms with Crippen molar-refractivity contribution in [3.63, 3.8) is 0 Å². The lowest BCUT2D eigenvalue weighted by atomic mass is 10.1. The molecule has 0 aromatic heterocycles. The summed E-state index contributed by atoms with van der Waals surface area (Å²) in [5, 5.41) is 3.24. The first-order chi connectivity index (χ1) is 6.81. The van der Waals surface area contributed by atoms with Crippen molar-refractivity contribution in [3.05, 3.63) is 0 Å². The molecule has 0 amide bonds. The lowest BCUT2D eigenvalue weighted by Gasteiger charge is -2.42. The third-order valence-corrected chi connectivity index (χ3v) is 3.72. The summed E-state index contributed by atoms with van der Waals surface area (Å²) in [5.74, 6) is 0. The maximum Gasteiger partial charge on any atom is 0.0224 e. The van der Waals surface area contributed by atoms with E-state index in [0.29, 0.717) is 0 Å². The molecule has 0 aromatic carbocycles. The van der Waals surface area contributed by atoms with Gasteiger partial charge in [0.25, 0.3) is 0 Å². The number of hydrogen-bond acceptors (Lipinski definition) is 3. The largest absolute Gasteiger partial charge is 0.318 e. The smallest absolute Gasteiger partial charge is 0.0224 e. The quantitative estimate of drug-likeness (QED) is 0.705. The standard InChI is InChI=1S/C11H23N3/c1-10-8-14-6-3-4-11(14)9-13(10)7-5-12-2/h10-12H,3-9H2,1-2H3. The van der Waals surface area contributed by atoms with Crippen LogP contribution in [0.15, 0.2) is 0 Å². The van der Waals surface area contributed by atoms with Crippen LogP contribution in [0.2, 0.25) is 0 Å². The van der Waals surface area contributed by atoms with Crippen molar-refractivity contribution in [2.75, 3.05) is 39.8 Å². The molecule has 2 heterocycles. The maximum atomic E-state index is 3.24. The van der Waals surface area contributed by atoms with E-state index in [9.17, 15) is 0 Å². The minimum absolute atomic E-state index is 0.748. The Kier molecular flexibility index (Phi) is 3.42. The highest BCUT2D eigenvalue weighted by Crippen LogP contribution is 2.23. The molecule has 0 spiro atoms. The van der Waals surface area contributed by atoms with E-state index in [4.69, 9.17) is 0 Å². The number of fused-ring (bicyclic) bond motifs is 1. The summed E-state index contributed by atoms with van der Waals surface area (Å²) in [6, 6.07) is 1.61. The molecular formula is C11H23N3. The molecule has 82 valence electrons. The fourth-order valence-electron chi connectivity index (χ4n) is 2.81. The molecule has 2 atom stereocenters. The van der Waals surface area contributed by atoms with E-state index in [2.05, 4.69) is 22.0 Å². The first-order valence-corrected chi connectivity index (χ1v) is 5.94. The van der Waals surface area contributed by atoms with Crippen LogP contribution in [0.3, 0.4) is 0 Å². The topological polar surface area (TPSA) is 18.5 Å². The first kappa shape index (κ1) is 10.4. The van der Waals surface area contributed by atoms with Crippen LogP contribution in [0.5, 0.6) is 0 Å². The average molecular weight is 197 g/mol. The summed E-state index contributed by atoms with van der Waals surface area (Å²) in [5.41, 5.74) is 0. The molecule has 1 N–H and O–H groups in total. The van der Waals surface area contributed by atoms with Crippen molar-refractivity contribution in [2.24, 2.45) is 0 Å². The molecule has 3 nitrogen and oxygen atoms in total. The van der Waals surface area contributed by atoms with Gasteiger partial charge >= 0.3 is 0 Å².